The van der Waals surface area contributed by atoms with Gasteiger partial charge in [0.15, 0.2) is 0 Å². The fraction of sp³-hybridized carbons (Fsp3) is 0.333. The van der Waals surface area contributed by atoms with E-state index in [1.807, 2.05) is 0 Å². The van der Waals surface area contributed by atoms with E-state index < -0.39 is 27.6 Å². The Kier molecular flexibility index (Phi) is 4.30. The van der Waals surface area contributed by atoms with Gasteiger partial charge in [0.05, 0.1) is 22.6 Å². The first kappa shape index (κ1) is 15.4. The van der Waals surface area contributed by atoms with E-state index in [1.54, 1.807) is 6.92 Å². The fourth-order valence-corrected chi connectivity index (χ4v) is 1.83. The molecule has 10 heteroatoms. The summed E-state index contributed by atoms with van der Waals surface area (Å²) in [6.07, 6.45) is 4.46. The van der Waals surface area contributed by atoms with Gasteiger partial charge in [0, 0.05) is 11.0 Å². The third-order valence-corrected chi connectivity index (χ3v) is 2.83. The van der Waals surface area contributed by atoms with Crippen molar-refractivity contribution in [2.24, 2.45) is 0 Å². The van der Waals surface area contributed by atoms with Crippen LogP contribution in [-0.2, 0) is 9.53 Å². The number of nitro groups is 2. The molecule has 0 fully saturated rings. The van der Waals surface area contributed by atoms with Crippen molar-refractivity contribution in [1.29, 1.82) is 0 Å². The number of ether oxygens (including phenoxy) is 1. The number of hydrogen-bond acceptors (Lipinski definition) is 7. The zero-order valence-electron chi connectivity index (χ0n) is 11.5. The first-order valence-corrected chi connectivity index (χ1v) is 6.39. The molecule has 116 valence electrons. The van der Waals surface area contributed by atoms with Crippen LogP contribution in [0.2, 0.25) is 0 Å². The van der Waals surface area contributed by atoms with Crippen LogP contribution in [0.25, 0.3) is 17.8 Å². The topological polar surface area (TPSA) is 141 Å². The Hall–Kier alpha value is -3.04. The zero-order chi connectivity index (χ0) is 16.3. The number of hydrogen-bond donors (Lipinski definition) is 1. The molecule has 1 aliphatic rings. The van der Waals surface area contributed by atoms with Crippen molar-refractivity contribution in [2.45, 2.75) is 19.4 Å². The standard InChI is InChI=1S/C12H12N4O6/c1-2-5-22-12(17)10(16(20)21)11-13-8-4-3-7(15(18)19)6-9(8)14-11/h3-4,6-7,14H,2,5H2,1H3/b11-10-. The van der Waals surface area contributed by atoms with Gasteiger partial charge in [-0.25, -0.2) is 9.78 Å². The van der Waals surface area contributed by atoms with E-state index in [0.29, 0.717) is 6.42 Å². The van der Waals surface area contributed by atoms with Crippen LogP contribution in [0.15, 0.2) is 6.08 Å². The number of rotatable bonds is 5. The normalized spacial score (nSPS) is 17.2. The predicted octanol–water partition coefficient (Wildman–Crippen LogP) is -0.800. The molecule has 0 spiro atoms. The number of esters is 1. The van der Waals surface area contributed by atoms with Crippen LogP contribution in [0.5, 0.6) is 0 Å². The highest BCUT2D eigenvalue weighted by Crippen LogP contribution is 2.04. The Labute approximate surface area is 123 Å². The fourth-order valence-electron chi connectivity index (χ4n) is 1.83. The Morgan fingerprint density at radius 1 is 1.45 bits per heavy atom. The van der Waals surface area contributed by atoms with Crippen molar-refractivity contribution in [1.82, 2.24) is 9.97 Å². The van der Waals surface area contributed by atoms with E-state index in [0.717, 1.165) is 0 Å². The minimum atomic E-state index is -1.10. The lowest BCUT2D eigenvalue weighted by Crippen LogP contribution is -2.27. The summed E-state index contributed by atoms with van der Waals surface area (Å²) in [5.74, 6) is -1.10. The average molecular weight is 308 g/mol. The second-order valence-corrected chi connectivity index (χ2v) is 4.43. The van der Waals surface area contributed by atoms with Crippen LogP contribution in [0, 0.1) is 20.2 Å². The number of nitrogens with zero attached hydrogens (tertiary/aromatic N) is 3. The summed E-state index contributed by atoms with van der Waals surface area (Å²) in [7, 11) is 0. The molecule has 22 heavy (non-hydrogen) atoms. The molecule has 0 saturated heterocycles. The molecular weight excluding hydrogens is 296 g/mol. The minimum absolute atomic E-state index is 0.0476. The number of aromatic nitrogens is 2. The highest BCUT2D eigenvalue weighted by atomic mass is 16.6. The van der Waals surface area contributed by atoms with E-state index in [-0.39, 0.29) is 23.1 Å². The minimum Gasteiger partial charge on any atom is -0.457 e. The van der Waals surface area contributed by atoms with E-state index in [2.05, 4.69) is 9.97 Å². The van der Waals surface area contributed by atoms with Crippen LogP contribution in [0.4, 0.5) is 0 Å². The number of nitrogens with one attached hydrogen (secondary N) is 1. The monoisotopic (exact) mass is 308 g/mol. The lowest BCUT2D eigenvalue weighted by Gasteiger charge is -2.00. The molecule has 1 aromatic rings. The quantitative estimate of drug-likeness (QED) is 0.426. The van der Waals surface area contributed by atoms with Crippen LogP contribution in [0.1, 0.15) is 19.0 Å². The number of carbonyl (C=O) groups is 1. The smallest absolute Gasteiger partial charge is 0.413 e. The number of H-pyrrole nitrogens is 1. The van der Waals surface area contributed by atoms with Crippen LogP contribution in [-0.4, -0.2) is 38.4 Å². The van der Waals surface area contributed by atoms with Gasteiger partial charge in [-0.1, -0.05) is 6.92 Å². The first-order chi connectivity index (χ1) is 10.4. The largest absolute Gasteiger partial charge is 0.457 e. The van der Waals surface area contributed by atoms with Gasteiger partial charge in [-0.05, 0) is 18.6 Å². The molecule has 10 nitrogen and oxygen atoms in total. The van der Waals surface area contributed by atoms with Crippen molar-refractivity contribution in [3.05, 3.63) is 42.8 Å². The maximum absolute atomic E-state index is 11.7. The SMILES string of the molecule is CCCOC(=O)/C(=c1\nc2c([nH]1)=CC([N+](=O)[O-])C=C2)[N+](=O)[O-]. The average Bonchev–Trinajstić information content (AvgIpc) is 2.86. The molecule has 1 unspecified atom stereocenters. The molecule has 0 amide bonds. The number of aromatic amines is 1. The number of imidazole rings is 1. The number of fused-ring (bicyclic) bond motifs is 1. The summed E-state index contributed by atoms with van der Waals surface area (Å²) < 4.78 is 4.75. The Balaban J connectivity index is 2.53. The highest BCUT2D eigenvalue weighted by Gasteiger charge is 2.28. The molecule has 0 radical (unpaired) electrons. The maximum Gasteiger partial charge on any atom is 0.413 e. The molecule has 1 heterocycles. The predicted molar refractivity (Wildman–Crippen MR) is 73.8 cm³/mol. The lowest BCUT2D eigenvalue weighted by molar-refractivity contribution is -0.491. The second kappa shape index (κ2) is 6.16. The van der Waals surface area contributed by atoms with E-state index >= 15 is 0 Å². The highest BCUT2D eigenvalue weighted by molar-refractivity contribution is 6.05. The van der Waals surface area contributed by atoms with Gasteiger partial charge in [0.1, 0.15) is 0 Å². The summed E-state index contributed by atoms with van der Waals surface area (Å²) in [5.41, 5.74) is -0.834. The molecule has 1 atom stereocenters. The molecule has 0 bridgehead atoms. The molecule has 0 aromatic carbocycles. The van der Waals surface area contributed by atoms with Gasteiger partial charge >= 0.3 is 11.7 Å². The lowest BCUT2D eigenvalue weighted by atomic mass is 10.1. The molecule has 0 aliphatic heterocycles. The van der Waals surface area contributed by atoms with Crippen molar-refractivity contribution in [3.63, 3.8) is 0 Å². The van der Waals surface area contributed by atoms with Gasteiger partial charge in [-0.3, -0.25) is 20.2 Å². The van der Waals surface area contributed by atoms with E-state index in [4.69, 9.17) is 4.74 Å². The zero-order valence-corrected chi connectivity index (χ0v) is 11.5. The summed E-state index contributed by atoms with van der Waals surface area (Å²) in [4.78, 5) is 38.6. The molecule has 1 N–H and O–H groups in total. The Morgan fingerprint density at radius 3 is 2.77 bits per heavy atom. The third-order valence-electron chi connectivity index (χ3n) is 2.83. The first-order valence-electron chi connectivity index (χ1n) is 6.39. The van der Waals surface area contributed by atoms with Crippen molar-refractivity contribution >= 4 is 23.8 Å². The molecule has 1 aromatic heterocycles. The van der Waals surface area contributed by atoms with Gasteiger partial charge in [0.25, 0.3) is 6.04 Å². The Bertz CT molecular complexity index is 778. The third kappa shape index (κ3) is 3.00. The molecule has 1 aliphatic carbocycles. The van der Waals surface area contributed by atoms with Crippen LogP contribution >= 0.6 is 0 Å². The molecule has 2 rings (SSSR count). The Morgan fingerprint density at radius 2 is 2.18 bits per heavy atom. The van der Waals surface area contributed by atoms with Gasteiger partial charge in [-0.15, -0.1) is 0 Å². The van der Waals surface area contributed by atoms with Crippen molar-refractivity contribution < 1.29 is 19.4 Å². The number of carbonyl (C=O) groups excluding carboxylic acids is 1. The van der Waals surface area contributed by atoms with Gasteiger partial charge in [-0.2, -0.15) is 0 Å². The van der Waals surface area contributed by atoms with Crippen molar-refractivity contribution in [3.8, 4) is 0 Å². The summed E-state index contributed by atoms with van der Waals surface area (Å²) in [6, 6.07) is -1.05. The van der Waals surface area contributed by atoms with Gasteiger partial charge in [0.2, 0.25) is 5.48 Å². The summed E-state index contributed by atoms with van der Waals surface area (Å²) in [6.45, 7) is 1.80. The van der Waals surface area contributed by atoms with Crippen LogP contribution in [0.3, 0.4) is 0 Å². The van der Waals surface area contributed by atoms with E-state index in [1.165, 1.54) is 18.2 Å². The summed E-state index contributed by atoms with van der Waals surface area (Å²) >= 11 is 0. The molecule has 0 saturated carbocycles. The van der Waals surface area contributed by atoms with E-state index in [9.17, 15) is 25.0 Å². The maximum atomic E-state index is 11.7. The molecular formula is C12H12N4O6. The second-order valence-electron chi connectivity index (χ2n) is 4.43. The van der Waals surface area contributed by atoms with Crippen LogP contribution < -0.4 is 10.8 Å². The summed E-state index contributed by atoms with van der Waals surface area (Å²) in [5, 5.41) is 22.1. The van der Waals surface area contributed by atoms with Crippen molar-refractivity contribution in [2.75, 3.05) is 6.61 Å². The van der Waals surface area contributed by atoms with Gasteiger partial charge < -0.3 is 9.72 Å².